The maximum absolute atomic E-state index is 11.8. The molecular formula is C13H10ClNO3. The van der Waals surface area contributed by atoms with E-state index in [1.165, 1.54) is 19.2 Å². The Labute approximate surface area is 109 Å². The molecule has 1 aromatic heterocycles. The number of pyridine rings is 1. The summed E-state index contributed by atoms with van der Waals surface area (Å²) in [6.07, 6.45) is 0. The van der Waals surface area contributed by atoms with Gasteiger partial charge in [0.15, 0.2) is 5.69 Å². The molecule has 0 spiro atoms. The van der Waals surface area contributed by atoms with Gasteiger partial charge in [-0.05, 0) is 12.1 Å². The van der Waals surface area contributed by atoms with Crippen LogP contribution in [0.2, 0.25) is 5.15 Å². The zero-order chi connectivity index (χ0) is 13.0. The van der Waals surface area contributed by atoms with Gasteiger partial charge in [0.25, 0.3) is 0 Å². The number of hydrogen-bond donors (Lipinski definition) is 0. The monoisotopic (exact) mass is 263 g/mol. The maximum atomic E-state index is 11.8. The Kier molecular flexibility index (Phi) is 3.79. The summed E-state index contributed by atoms with van der Waals surface area (Å²) in [5.41, 5.74) is 0.100. The number of carbonyl (C=O) groups excluding carboxylic acids is 1. The van der Waals surface area contributed by atoms with E-state index in [2.05, 4.69) is 4.98 Å². The minimum Gasteiger partial charge on any atom is -0.497 e. The SMILES string of the molecule is COc1cc(Cl)nc(C(=O)Oc2ccccc2)c1. The second-order valence-corrected chi connectivity index (χ2v) is 3.80. The van der Waals surface area contributed by atoms with Crippen molar-refractivity contribution < 1.29 is 14.3 Å². The van der Waals surface area contributed by atoms with E-state index in [0.29, 0.717) is 11.5 Å². The molecule has 2 rings (SSSR count). The summed E-state index contributed by atoms with van der Waals surface area (Å²) in [5, 5.41) is 0.175. The number of carbonyl (C=O) groups is 1. The molecule has 0 fully saturated rings. The third kappa shape index (κ3) is 2.99. The summed E-state index contributed by atoms with van der Waals surface area (Å²) in [4.78, 5) is 15.7. The molecule has 5 heteroatoms. The van der Waals surface area contributed by atoms with Crippen LogP contribution in [-0.2, 0) is 0 Å². The molecule has 0 aliphatic rings. The fraction of sp³-hybridized carbons (Fsp3) is 0.0769. The number of methoxy groups -OCH3 is 1. The van der Waals surface area contributed by atoms with Gasteiger partial charge in [0.1, 0.15) is 16.7 Å². The number of para-hydroxylation sites is 1. The van der Waals surface area contributed by atoms with Crippen LogP contribution in [0.25, 0.3) is 0 Å². The van der Waals surface area contributed by atoms with E-state index < -0.39 is 5.97 Å². The molecule has 0 aliphatic carbocycles. The Balaban J connectivity index is 2.21. The number of halogens is 1. The van der Waals surface area contributed by atoms with E-state index in [1.807, 2.05) is 6.07 Å². The Hall–Kier alpha value is -2.07. The number of benzene rings is 1. The highest BCUT2D eigenvalue weighted by atomic mass is 35.5. The molecule has 0 bridgehead atoms. The average molecular weight is 264 g/mol. The van der Waals surface area contributed by atoms with E-state index in [1.54, 1.807) is 24.3 Å². The summed E-state index contributed by atoms with van der Waals surface area (Å²) in [6.45, 7) is 0. The van der Waals surface area contributed by atoms with Crippen molar-refractivity contribution in [3.63, 3.8) is 0 Å². The van der Waals surface area contributed by atoms with Crippen LogP contribution in [0.5, 0.6) is 11.5 Å². The van der Waals surface area contributed by atoms with E-state index in [4.69, 9.17) is 21.1 Å². The van der Waals surface area contributed by atoms with Crippen LogP contribution >= 0.6 is 11.6 Å². The van der Waals surface area contributed by atoms with E-state index in [0.717, 1.165) is 0 Å². The van der Waals surface area contributed by atoms with Crippen LogP contribution in [0.15, 0.2) is 42.5 Å². The Morgan fingerprint density at radius 1 is 1.17 bits per heavy atom. The lowest BCUT2D eigenvalue weighted by Crippen LogP contribution is -2.10. The van der Waals surface area contributed by atoms with Crippen molar-refractivity contribution in [3.05, 3.63) is 53.3 Å². The maximum Gasteiger partial charge on any atom is 0.362 e. The molecule has 1 heterocycles. The molecule has 0 atom stereocenters. The van der Waals surface area contributed by atoms with Gasteiger partial charge in [0, 0.05) is 12.1 Å². The standard InChI is InChI=1S/C13H10ClNO3/c1-17-10-7-11(15-12(14)8-10)13(16)18-9-5-3-2-4-6-9/h2-8H,1H3. The summed E-state index contributed by atoms with van der Waals surface area (Å²) in [5.74, 6) is 0.320. The van der Waals surface area contributed by atoms with Crippen LogP contribution < -0.4 is 9.47 Å². The van der Waals surface area contributed by atoms with Gasteiger partial charge in [-0.2, -0.15) is 0 Å². The molecular weight excluding hydrogens is 254 g/mol. The zero-order valence-electron chi connectivity index (χ0n) is 9.59. The predicted octanol–water partition coefficient (Wildman–Crippen LogP) is 2.96. The molecule has 1 aromatic carbocycles. The van der Waals surface area contributed by atoms with Gasteiger partial charge in [0.05, 0.1) is 7.11 Å². The van der Waals surface area contributed by atoms with Gasteiger partial charge in [-0.1, -0.05) is 29.8 Å². The predicted molar refractivity (Wildman–Crippen MR) is 67.2 cm³/mol. The van der Waals surface area contributed by atoms with Crippen molar-refractivity contribution in [2.24, 2.45) is 0 Å². The van der Waals surface area contributed by atoms with Crippen LogP contribution in [0.4, 0.5) is 0 Å². The minimum atomic E-state index is -0.581. The largest absolute Gasteiger partial charge is 0.497 e. The highest BCUT2D eigenvalue weighted by Gasteiger charge is 2.12. The van der Waals surface area contributed by atoms with Gasteiger partial charge in [-0.15, -0.1) is 0 Å². The highest BCUT2D eigenvalue weighted by molar-refractivity contribution is 6.29. The molecule has 0 amide bonds. The number of aromatic nitrogens is 1. The molecule has 0 saturated carbocycles. The van der Waals surface area contributed by atoms with Crippen LogP contribution in [0.1, 0.15) is 10.5 Å². The molecule has 18 heavy (non-hydrogen) atoms. The summed E-state index contributed by atoms with van der Waals surface area (Å²) in [7, 11) is 1.48. The topological polar surface area (TPSA) is 48.4 Å². The third-order valence-electron chi connectivity index (χ3n) is 2.17. The molecule has 4 nitrogen and oxygen atoms in total. The van der Waals surface area contributed by atoms with Gasteiger partial charge in [0.2, 0.25) is 0 Å². The number of hydrogen-bond acceptors (Lipinski definition) is 4. The van der Waals surface area contributed by atoms with Crippen LogP contribution in [0, 0.1) is 0 Å². The fourth-order valence-corrected chi connectivity index (χ4v) is 1.54. The second kappa shape index (κ2) is 5.51. The zero-order valence-corrected chi connectivity index (χ0v) is 10.3. The quantitative estimate of drug-likeness (QED) is 0.485. The average Bonchev–Trinajstić information content (AvgIpc) is 2.39. The Morgan fingerprint density at radius 3 is 2.56 bits per heavy atom. The van der Waals surface area contributed by atoms with Crippen LogP contribution in [0.3, 0.4) is 0 Å². The highest BCUT2D eigenvalue weighted by Crippen LogP contribution is 2.19. The molecule has 0 aliphatic heterocycles. The van der Waals surface area contributed by atoms with Crippen molar-refractivity contribution in [1.82, 2.24) is 4.98 Å². The molecule has 0 unspecified atom stereocenters. The first-order valence-electron chi connectivity index (χ1n) is 5.18. The van der Waals surface area contributed by atoms with E-state index in [-0.39, 0.29) is 10.8 Å². The number of ether oxygens (including phenoxy) is 2. The van der Waals surface area contributed by atoms with Crippen molar-refractivity contribution in [2.45, 2.75) is 0 Å². The third-order valence-corrected chi connectivity index (χ3v) is 2.36. The normalized spacial score (nSPS) is 9.89. The lowest BCUT2D eigenvalue weighted by atomic mass is 10.3. The lowest BCUT2D eigenvalue weighted by molar-refractivity contribution is 0.0728. The van der Waals surface area contributed by atoms with Crippen molar-refractivity contribution in [1.29, 1.82) is 0 Å². The van der Waals surface area contributed by atoms with Gasteiger partial charge in [-0.3, -0.25) is 0 Å². The lowest BCUT2D eigenvalue weighted by Gasteiger charge is -2.05. The van der Waals surface area contributed by atoms with Gasteiger partial charge < -0.3 is 9.47 Å². The molecule has 2 aromatic rings. The Bertz CT molecular complexity index is 557. The van der Waals surface area contributed by atoms with Crippen molar-refractivity contribution in [2.75, 3.05) is 7.11 Å². The minimum absolute atomic E-state index is 0.100. The van der Waals surface area contributed by atoms with E-state index in [9.17, 15) is 4.79 Å². The number of esters is 1. The van der Waals surface area contributed by atoms with Gasteiger partial charge in [-0.25, -0.2) is 9.78 Å². The first kappa shape index (κ1) is 12.4. The number of nitrogens with zero attached hydrogens (tertiary/aromatic N) is 1. The second-order valence-electron chi connectivity index (χ2n) is 3.42. The van der Waals surface area contributed by atoms with Crippen molar-refractivity contribution in [3.8, 4) is 11.5 Å². The number of rotatable bonds is 3. The molecule has 0 saturated heterocycles. The van der Waals surface area contributed by atoms with Crippen molar-refractivity contribution >= 4 is 17.6 Å². The summed E-state index contributed by atoms with van der Waals surface area (Å²) in [6, 6.07) is 11.7. The molecule has 0 N–H and O–H groups in total. The molecule has 0 radical (unpaired) electrons. The first-order valence-corrected chi connectivity index (χ1v) is 5.55. The first-order chi connectivity index (χ1) is 8.69. The summed E-state index contributed by atoms with van der Waals surface area (Å²) < 4.78 is 10.1. The van der Waals surface area contributed by atoms with Gasteiger partial charge >= 0.3 is 5.97 Å². The smallest absolute Gasteiger partial charge is 0.362 e. The Morgan fingerprint density at radius 2 is 1.89 bits per heavy atom. The fourth-order valence-electron chi connectivity index (χ4n) is 1.34. The molecule has 92 valence electrons. The van der Waals surface area contributed by atoms with Crippen LogP contribution in [-0.4, -0.2) is 18.1 Å². The van der Waals surface area contributed by atoms with E-state index >= 15 is 0 Å². The summed E-state index contributed by atoms with van der Waals surface area (Å²) >= 11 is 5.78.